The molecule has 0 amide bonds. The lowest BCUT2D eigenvalue weighted by Crippen LogP contribution is -2.50. The Morgan fingerprint density at radius 3 is 2.53 bits per heavy atom. The first-order valence-corrected chi connectivity index (χ1v) is 12.2. The summed E-state index contributed by atoms with van der Waals surface area (Å²) < 4.78 is 69.3. The predicted molar refractivity (Wildman–Crippen MR) is 124 cm³/mol. The Labute approximate surface area is 196 Å². The molecule has 1 atom stereocenters. The molecular weight excluding hydrogens is 467 g/mol. The van der Waals surface area contributed by atoms with Crippen molar-refractivity contribution < 1.29 is 21.6 Å². The molecule has 0 radical (unpaired) electrons. The number of rotatable bonds is 5. The Morgan fingerprint density at radius 2 is 1.82 bits per heavy atom. The third-order valence-electron chi connectivity index (χ3n) is 5.62. The van der Waals surface area contributed by atoms with E-state index in [1.54, 1.807) is 37.3 Å². The second-order valence-corrected chi connectivity index (χ2v) is 9.72. The Hall–Kier alpha value is -3.18. The van der Waals surface area contributed by atoms with Crippen LogP contribution in [0.15, 0.2) is 59.6 Å². The molecule has 0 aliphatic carbocycles. The summed E-state index contributed by atoms with van der Waals surface area (Å²) in [5.41, 5.74) is -0.441. The summed E-state index contributed by atoms with van der Waals surface area (Å²) in [5.74, 6) is 0.284. The van der Waals surface area contributed by atoms with E-state index in [4.69, 9.17) is 0 Å². The van der Waals surface area contributed by atoms with Crippen LogP contribution in [0.4, 0.5) is 24.8 Å². The van der Waals surface area contributed by atoms with E-state index in [-0.39, 0.29) is 28.1 Å². The van der Waals surface area contributed by atoms with Gasteiger partial charge >= 0.3 is 6.18 Å². The Balaban J connectivity index is 1.69. The zero-order valence-corrected chi connectivity index (χ0v) is 19.4. The van der Waals surface area contributed by atoms with E-state index in [0.717, 1.165) is 25.2 Å². The van der Waals surface area contributed by atoms with Crippen LogP contribution in [0.1, 0.15) is 18.1 Å². The van der Waals surface area contributed by atoms with Crippen molar-refractivity contribution in [2.45, 2.75) is 31.1 Å². The number of benzene rings is 1. The van der Waals surface area contributed by atoms with Crippen LogP contribution < -0.4 is 14.9 Å². The molecule has 1 aromatic carbocycles. The van der Waals surface area contributed by atoms with E-state index in [2.05, 4.69) is 20.0 Å². The first-order valence-electron chi connectivity index (χ1n) is 10.7. The van der Waals surface area contributed by atoms with E-state index < -0.39 is 21.8 Å². The number of aromatic nitrogens is 2. The Morgan fingerprint density at radius 1 is 1.06 bits per heavy atom. The quantitative estimate of drug-likeness (QED) is 0.560. The fourth-order valence-corrected chi connectivity index (χ4v) is 4.84. The number of sulfonamides is 1. The van der Waals surface area contributed by atoms with Gasteiger partial charge in [-0.15, -0.1) is 0 Å². The molecular formula is C23H24F3N5O2S. The predicted octanol–water partition coefficient (Wildman–Crippen LogP) is 4.07. The van der Waals surface area contributed by atoms with Gasteiger partial charge < -0.3 is 10.2 Å². The van der Waals surface area contributed by atoms with Crippen molar-refractivity contribution in [2.75, 3.05) is 29.3 Å². The lowest BCUT2D eigenvalue weighted by Gasteiger charge is -2.35. The van der Waals surface area contributed by atoms with Crippen molar-refractivity contribution in [3.05, 3.63) is 65.7 Å². The van der Waals surface area contributed by atoms with Crippen molar-refractivity contribution in [2.24, 2.45) is 0 Å². The average Bonchev–Trinajstić information content (AvgIpc) is 2.79. The number of halogens is 3. The molecule has 1 unspecified atom stereocenters. The molecule has 1 saturated heterocycles. The molecule has 3 heterocycles. The zero-order valence-electron chi connectivity index (χ0n) is 18.6. The fraction of sp³-hybridized carbons (Fsp3) is 0.304. The van der Waals surface area contributed by atoms with E-state index in [1.807, 2.05) is 11.8 Å². The third kappa shape index (κ3) is 5.00. The van der Waals surface area contributed by atoms with Gasteiger partial charge in [0.05, 0.1) is 11.3 Å². The Kier molecular flexibility index (Phi) is 6.50. The maximum Gasteiger partial charge on any atom is 0.418 e. The van der Waals surface area contributed by atoms with Crippen LogP contribution in [0.25, 0.3) is 11.3 Å². The first-order chi connectivity index (χ1) is 16.1. The number of anilines is 2. The number of aryl methyl sites for hydroxylation is 1. The van der Waals surface area contributed by atoms with Gasteiger partial charge in [0.15, 0.2) is 5.03 Å². The summed E-state index contributed by atoms with van der Waals surface area (Å²) in [5, 5.41) is 3.02. The summed E-state index contributed by atoms with van der Waals surface area (Å²) in [6.07, 6.45) is -4.65. The van der Waals surface area contributed by atoms with E-state index >= 15 is 0 Å². The zero-order chi connectivity index (χ0) is 24.5. The van der Waals surface area contributed by atoms with Crippen molar-refractivity contribution >= 4 is 21.7 Å². The lowest BCUT2D eigenvalue weighted by molar-refractivity contribution is -0.137. The van der Waals surface area contributed by atoms with Crippen molar-refractivity contribution in [3.8, 4) is 11.3 Å². The van der Waals surface area contributed by atoms with Gasteiger partial charge in [-0.25, -0.2) is 9.97 Å². The summed E-state index contributed by atoms with van der Waals surface area (Å²) in [7, 11) is -4.20. The molecule has 2 aromatic heterocycles. The van der Waals surface area contributed by atoms with Crippen LogP contribution in [-0.2, 0) is 16.2 Å². The first kappa shape index (κ1) is 24.0. The number of hydrogen-bond acceptors (Lipinski definition) is 6. The molecule has 7 nitrogen and oxygen atoms in total. The van der Waals surface area contributed by atoms with E-state index in [0.29, 0.717) is 17.9 Å². The maximum atomic E-state index is 13.7. The van der Waals surface area contributed by atoms with Crippen LogP contribution in [0.3, 0.4) is 0 Å². The highest BCUT2D eigenvalue weighted by Crippen LogP contribution is 2.38. The molecule has 11 heteroatoms. The van der Waals surface area contributed by atoms with Gasteiger partial charge in [0.2, 0.25) is 0 Å². The molecule has 34 heavy (non-hydrogen) atoms. The standard InChI is InChI=1S/C23H24F3N5O2S/c1-15-6-3-4-7-17(15)22-18(23(24,25)26)10-11-19(28-22)30-34(32,33)21-9-5-8-20(29-21)31-13-12-27-14-16(31)2/h3-11,16,27H,12-14H2,1-2H3,(H,28,30). The highest BCUT2D eigenvalue weighted by atomic mass is 32.2. The molecule has 1 fully saturated rings. The molecule has 2 N–H and O–H groups in total. The minimum atomic E-state index is -4.65. The van der Waals surface area contributed by atoms with Crippen LogP contribution in [0.5, 0.6) is 0 Å². The molecule has 3 aromatic rings. The van der Waals surface area contributed by atoms with Gasteiger partial charge in [-0.1, -0.05) is 30.3 Å². The molecule has 0 spiro atoms. The van der Waals surface area contributed by atoms with E-state index in [9.17, 15) is 21.6 Å². The highest BCUT2D eigenvalue weighted by Gasteiger charge is 2.35. The van der Waals surface area contributed by atoms with Crippen LogP contribution in [0.2, 0.25) is 0 Å². The molecule has 0 saturated carbocycles. The van der Waals surface area contributed by atoms with Crippen LogP contribution in [0, 0.1) is 6.92 Å². The van der Waals surface area contributed by atoms with Crippen LogP contribution in [-0.4, -0.2) is 44.1 Å². The van der Waals surface area contributed by atoms with Gasteiger partial charge in [0, 0.05) is 31.2 Å². The monoisotopic (exact) mass is 491 g/mol. The lowest BCUT2D eigenvalue weighted by atomic mass is 10.0. The number of piperazine rings is 1. The summed E-state index contributed by atoms with van der Waals surface area (Å²) in [6.45, 7) is 5.84. The van der Waals surface area contributed by atoms with Gasteiger partial charge in [-0.3, -0.25) is 4.72 Å². The normalized spacial score (nSPS) is 17.0. The second-order valence-electron chi connectivity index (χ2n) is 8.09. The number of nitrogens with one attached hydrogen (secondary N) is 2. The van der Waals surface area contributed by atoms with Crippen molar-refractivity contribution in [1.82, 2.24) is 15.3 Å². The third-order valence-corrected chi connectivity index (χ3v) is 6.88. The minimum absolute atomic E-state index is 0.125. The fourth-order valence-electron chi connectivity index (χ4n) is 3.87. The molecule has 1 aliphatic rings. The van der Waals surface area contributed by atoms with E-state index in [1.165, 1.54) is 12.1 Å². The molecule has 4 rings (SSSR count). The molecule has 1 aliphatic heterocycles. The van der Waals surface area contributed by atoms with Gasteiger partial charge in [0.1, 0.15) is 11.6 Å². The largest absolute Gasteiger partial charge is 0.418 e. The van der Waals surface area contributed by atoms with Gasteiger partial charge in [-0.05, 0) is 43.7 Å². The number of pyridine rings is 2. The van der Waals surface area contributed by atoms with Crippen LogP contribution >= 0.6 is 0 Å². The maximum absolute atomic E-state index is 13.7. The van der Waals surface area contributed by atoms with Gasteiger partial charge in [0.25, 0.3) is 10.0 Å². The minimum Gasteiger partial charge on any atom is -0.351 e. The van der Waals surface area contributed by atoms with Crippen molar-refractivity contribution in [3.63, 3.8) is 0 Å². The second kappa shape index (κ2) is 9.22. The highest BCUT2D eigenvalue weighted by molar-refractivity contribution is 7.92. The molecule has 180 valence electrons. The number of nitrogens with zero attached hydrogens (tertiary/aromatic N) is 3. The molecule has 0 bridgehead atoms. The summed E-state index contributed by atoms with van der Waals surface area (Å²) in [6, 6.07) is 13.1. The summed E-state index contributed by atoms with van der Waals surface area (Å²) >= 11 is 0. The SMILES string of the molecule is Cc1ccccc1-c1nc(NS(=O)(=O)c2cccc(N3CCNCC3C)n2)ccc1C(F)(F)F. The average molecular weight is 492 g/mol. The smallest absolute Gasteiger partial charge is 0.351 e. The number of alkyl halides is 3. The van der Waals surface area contributed by atoms with Gasteiger partial charge in [-0.2, -0.15) is 21.6 Å². The van der Waals surface area contributed by atoms with Crippen molar-refractivity contribution in [1.29, 1.82) is 0 Å². The number of hydrogen-bond donors (Lipinski definition) is 2. The Bertz CT molecular complexity index is 1300. The summed E-state index contributed by atoms with van der Waals surface area (Å²) in [4.78, 5) is 10.4. The topological polar surface area (TPSA) is 87.2 Å².